The van der Waals surface area contributed by atoms with E-state index in [1.807, 2.05) is 18.7 Å². The quantitative estimate of drug-likeness (QED) is 0.895. The van der Waals surface area contributed by atoms with Crippen molar-refractivity contribution < 1.29 is 9.53 Å². The molecule has 20 heavy (non-hydrogen) atoms. The van der Waals surface area contributed by atoms with E-state index in [-0.39, 0.29) is 11.9 Å². The molecule has 0 radical (unpaired) electrons. The Bertz CT molecular complexity index is 501. The fourth-order valence-electron chi connectivity index (χ4n) is 2.71. The van der Waals surface area contributed by atoms with Crippen LogP contribution in [0.5, 0.6) is 0 Å². The van der Waals surface area contributed by atoms with Gasteiger partial charge in [0.05, 0.1) is 0 Å². The number of hydrogen-bond donors (Lipinski definition) is 2. The number of carbonyl (C=O) groups is 1. The van der Waals surface area contributed by atoms with E-state index in [4.69, 9.17) is 4.74 Å². The van der Waals surface area contributed by atoms with Gasteiger partial charge in [0.25, 0.3) is 0 Å². The smallest absolute Gasteiger partial charge is 0.246 e. The maximum absolute atomic E-state index is 11.9. The van der Waals surface area contributed by atoms with Gasteiger partial charge in [-0.15, -0.1) is 11.8 Å². The molecule has 0 bridgehead atoms. The average Bonchev–Trinajstić information content (AvgIpc) is 2.76. The zero-order valence-electron chi connectivity index (χ0n) is 11.6. The lowest BCUT2D eigenvalue weighted by atomic mass is 10.1. The molecule has 1 atom stereocenters. The third kappa shape index (κ3) is 2.85. The van der Waals surface area contributed by atoms with Crippen LogP contribution in [0.3, 0.4) is 0 Å². The molecule has 4 nitrogen and oxygen atoms in total. The number of anilines is 1. The number of thioether (sulfide) groups is 1. The van der Waals surface area contributed by atoms with Crippen molar-refractivity contribution in [1.29, 1.82) is 0 Å². The van der Waals surface area contributed by atoms with Crippen molar-refractivity contribution >= 4 is 23.4 Å². The lowest BCUT2D eigenvalue weighted by molar-refractivity contribution is -0.117. The van der Waals surface area contributed by atoms with E-state index in [0.717, 1.165) is 43.9 Å². The second-order valence-electron chi connectivity index (χ2n) is 5.16. The van der Waals surface area contributed by atoms with Crippen LogP contribution in [0.2, 0.25) is 0 Å². The first-order valence-corrected chi connectivity index (χ1v) is 8.08. The van der Waals surface area contributed by atoms with E-state index < -0.39 is 0 Å². The first kappa shape index (κ1) is 13.9. The third-order valence-electron chi connectivity index (χ3n) is 3.74. The molecule has 2 N–H and O–H groups in total. The summed E-state index contributed by atoms with van der Waals surface area (Å²) in [5, 5.41) is 6.81. The highest BCUT2D eigenvalue weighted by Gasteiger charge is 2.29. The zero-order chi connectivity index (χ0) is 13.9. The van der Waals surface area contributed by atoms with Crippen molar-refractivity contribution in [1.82, 2.24) is 5.32 Å². The Labute approximate surface area is 123 Å². The molecule has 1 amide bonds. The minimum atomic E-state index is -0.197. The Morgan fingerprint density at radius 3 is 2.95 bits per heavy atom. The fourth-order valence-corrected chi connectivity index (χ4v) is 3.85. The highest BCUT2D eigenvalue weighted by molar-refractivity contribution is 8.00. The van der Waals surface area contributed by atoms with Crippen molar-refractivity contribution in [2.75, 3.05) is 25.1 Å². The Morgan fingerprint density at radius 1 is 1.40 bits per heavy atom. The molecule has 0 aromatic heterocycles. The minimum Gasteiger partial charge on any atom is -0.381 e. The first-order chi connectivity index (χ1) is 9.78. The normalized spacial score (nSPS) is 22.6. The monoisotopic (exact) mass is 292 g/mol. The molecule has 1 saturated heterocycles. The van der Waals surface area contributed by atoms with E-state index in [9.17, 15) is 4.79 Å². The minimum absolute atomic E-state index is 0.0510. The largest absolute Gasteiger partial charge is 0.381 e. The lowest BCUT2D eigenvalue weighted by Gasteiger charge is -2.21. The Kier molecular flexibility index (Phi) is 4.29. The molecule has 1 aromatic carbocycles. The number of nitrogens with one attached hydrogen (secondary N) is 2. The van der Waals surface area contributed by atoms with Crippen LogP contribution in [0.4, 0.5) is 5.69 Å². The van der Waals surface area contributed by atoms with Gasteiger partial charge in [-0.05, 0) is 31.5 Å². The van der Waals surface area contributed by atoms with Crippen LogP contribution in [-0.2, 0) is 9.53 Å². The summed E-state index contributed by atoms with van der Waals surface area (Å²) in [6.07, 6.45) is 2.21. The van der Waals surface area contributed by atoms with Gasteiger partial charge in [-0.25, -0.2) is 0 Å². The molecule has 1 fully saturated rings. The molecular weight excluding hydrogens is 272 g/mol. The van der Waals surface area contributed by atoms with Crippen LogP contribution in [0.15, 0.2) is 23.1 Å². The highest BCUT2D eigenvalue weighted by Crippen LogP contribution is 2.37. The van der Waals surface area contributed by atoms with E-state index in [1.165, 1.54) is 4.90 Å². The average molecular weight is 292 g/mol. The number of carbonyl (C=O) groups excluding carboxylic acids is 1. The summed E-state index contributed by atoms with van der Waals surface area (Å²) in [7, 11) is 0. The van der Waals surface area contributed by atoms with Crippen molar-refractivity contribution in [2.24, 2.45) is 0 Å². The van der Waals surface area contributed by atoms with Crippen molar-refractivity contribution in [2.45, 2.75) is 36.0 Å². The molecule has 108 valence electrons. The Morgan fingerprint density at radius 2 is 2.20 bits per heavy atom. The predicted octanol–water partition coefficient (Wildman–Crippen LogP) is 2.56. The summed E-state index contributed by atoms with van der Waals surface area (Å²) in [6.45, 7) is 4.53. The van der Waals surface area contributed by atoms with Crippen LogP contribution < -0.4 is 10.6 Å². The van der Waals surface area contributed by atoms with Crippen LogP contribution >= 0.6 is 11.8 Å². The number of hydrogen-bond acceptors (Lipinski definition) is 4. The summed E-state index contributed by atoms with van der Waals surface area (Å²) in [5.74, 6) is 0.0510. The standard InChI is InChI=1S/C15H20N2O2S/c1-2-16-14-12-4-3-11(9-13(12)17-15(14)18)20-10-5-7-19-8-6-10/h3-4,9-10,14,16H,2,5-8H2,1H3,(H,17,18). The maximum atomic E-state index is 11.9. The summed E-state index contributed by atoms with van der Waals surface area (Å²) < 4.78 is 5.39. The number of benzene rings is 1. The molecular formula is C15H20N2O2S. The van der Waals surface area contributed by atoms with Crippen molar-refractivity contribution in [3.05, 3.63) is 23.8 Å². The van der Waals surface area contributed by atoms with Crippen LogP contribution in [0, 0.1) is 0 Å². The third-order valence-corrected chi connectivity index (χ3v) is 5.07. The molecule has 1 unspecified atom stereocenters. The fraction of sp³-hybridized carbons (Fsp3) is 0.533. The summed E-state index contributed by atoms with van der Waals surface area (Å²) in [5.41, 5.74) is 2.02. The van der Waals surface area contributed by atoms with Crippen molar-refractivity contribution in [3.63, 3.8) is 0 Å². The van der Waals surface area contributed by atoms with E-state index >= 15 is 0 Å². The number of likely N-dealkylation sites (N-methyl/N-ethyl adjacent to an activating group) is 1. The number of rotatable bonds is 4. The van der Waals surface area contributed by atoms with E-state index in [1.54, 1.807) is 0 Å². The molecule has 0 saturated carbocycles. The van der Waals surface area contributed by atoms with Gasteiger partial charge < -0.3 is 15.4 Å². The molecule has 2 heterocycles. The molecule has 1 aromatic rings. The maximum Gasteiger partial charge on any atom is 0.246 e. The van der Waals surface area contributed by atoms with Crippen molar-refractivity contribution in [3.8, 4) is 0 Å². The molecule has 0 spiro atoms. The molecule has 2 aliphatic rings. The van der Waals surface area contributed by atoms with E-state index in [2.05, 4.69) is 28.8 Å². The Balaban J connectivity index is 1.73. The van der Waals surface area contributed by atoms with Gasteiger partial charge in [0.1, 0.15) is 6.04 Å². The van der Waals surface area contributed by atoms with Gasteiger partial charge in [-0.3, -0.25) is 4.79 Å². The van der Waals surface area contributed by atoms with Gasteiger partial charge in [-0.1, -0.05) is 13.0 Å². The van der Waals surface area contributed by atoms with Gasteiger partial charge >= 0.3 is 0 Å². The second kappa shape index (κ2) is 6.16. The Hall–Kier alpha value is -1.04. The molecule has 3 rings (SSSR count). The topological polar surface area (TPSA) is 50.4 Å². The molecule has 5 heteroatoms. The van der Waals surface area contributed by atoms with E-state index in [0.29, 0.717) is 5.25 Å². The second-order valence-corrected chi connectivity index (χ2v) is 6.53. The predicted molar refractivity (Wildman–Crippen MR) is 81.2 cm³/mol. The zero-order valence-corrected chi connectivity index (χ0v) is 12.5. The SMILES string of the molecule is CCNC1C(=O)Nc2cc(SC3CCOCC3)ccc21. The number of fused-ring (bicyclic) bond motifs is 1. The van der Waals surface area contributed by atoms with Crippen LogP contribution in [0.25, 0.3) is 0 Å². The highest BCUT2D eigenvalue weighted by atomic mass is 32.2. The summed E-state index contributed by atoms with van der Waals surface area (Å²) in [4.78, 5) is 13.2. The van der Waals surface area contributed by atoms with Gasteiger partial charge in [0, 0.05) is 34.6 Å². The summed E-state index contributed by atoms with van der Waals surface area (Å²) in [6, 6.07) is 6.10. The molecule has 2 aliphatic heterocycles. The number of ether oxygens (including phenoxy) is 1. The summed E-state index contributed by atoms with van der Waals surface area (Å²) >= 11 is 1.89. The van der Waals surface area contributed by atoms with Gasteiger partial charge in [0.15, 0.2) is 0 Å². The molecule has 0 aliphatic carbocycles. The number of amides is 1. The van der Waals surface area contributed by atoms with Crippen LogP contribution in [0.1, 0.15) is 31.4 Å². The van der Waals surface area contributed by atoms with Gasteiger partial charge in [-0.2, -0.15) is 0 Å². The lowest BCUT2D eigenvalue weighted by Crippen LogP contribution is -2.27. The van der Waals surface area contributed by atoms with Gasteiger partial charge in [0.2, 0.25) is 5.91 Å². The van der Waals surface area contributed by atoms with Crippen LogP contribution in [-0.4, -0.2) is 30.9 Å². The first-order valence-electron chi connectivity index (χ1n) is 7.20.